The first kappa shape index (κ1) is 23.0. The van der Waals surface area contributed by atoms with Gasteiger partial charge in [-0.15, -0.1) is 0 Å². The lowest BCUT2D eigenvalue weighted by Gasteiger charge is -2.66. The van der Waals surface area contributed by atoms with Crippen LogP contribution in [-0.4, -0.2) is 28.3 Å². The molecular weight excluding hydrogens is 443 g/mol. The minimum Gasteiger partial charge on any atom is -0.399 e. The zero-order valence-corrected chi connectivity index (χ0v) is 21.2. The molecule has 6 nitrogen and oxygen atoms in total. The number of nitrogens with two attached hydrogens (primary N) is 1. The van der Waals surface area contributed by atoms with Crippen molar-refractivity contribution in [3.8, 4) is 0 Å². The van der Waals surface area contributed by atoms with Gasteiger partial charge in [0.1, 0.15) is 5.67 Å². The third-order valence-electron chi connectivity index (χ3n) is 9.52. The number of benzene rings is 1. The molecule has 0 unspecified atom stereocenters. The smallest absolute Gasteiger partial charge is 0.232 e. The summed E-state index contributed by atoms with van der Waals surface area (Å²) in [6.07, 6.45) is 8.25. The Bertz CT molecular complexity index is 1120. The average molecular weight is 481 g/mol. The summed E-state index contributed by atoms with van der Waals surface area (Å²) in [4.78, 5) is 20.4. The van der Waals surface area contributed by atoms with Gasteiger partial charge in [-0.1, -0.05) is 32.0 Å². The number of hydrogen-bond donors (Lipinski definition) is 1. The molecule has 0 radical (unpaired) electrons. The van der Waals surface area contributed by atoms with Crippen molar-refractivity contribution in [3.05, 3.63) is 36.0 Å². The van der Waals surface area contributed by atoms with E-state index in [1.165, 1.54) is 0 Å². The minimum absolute atomic E-state index is 0.0119. The van der Waals surface area contributed by atoms with Crippen LogP contribution in [0.1, 0.15) is 96.7 Å². The summed E-state index contributed by atoms with van der Waals surface area (Å²) in [5, 5.41) is 4.41. The van der Waals surface area contributed by atoms with Gasteiger partial charge in [0.15, 0.2) is 5.82 Å². The molecule has 6 aliphatic carbocycles. The third-order valence-corrected chi connectivity index (χ3v) is 9.52. The second-order valence-corrected chi connectivity index (χ2v) is 13.4. The van der Waals surface area contributed by atoms with E-state index < -0.39 is 5.67 Å². The van der Waals surface area contributed by atoms with Gasteiger partial charge in [0.2, 0.25) is 11.8 Å². The van der Waals surface area contributed by atoms with Crippen LogP contribution in [0.5, 0.6) is 0 Å². The molecule has 8 rings (SSSR count). The number of carbonyl (C=O) groups is 1. The van der Waals surface area contributed by atoms with Crippen LogP contribution in [-0.2, 0) is 15.6 Å². The summed E-state index contributed by atoms with van der Waals surface area (Å²) >= 11 is 0. The van der Waals surface area contributed by atoms with E-state index in [1.54, 1.807) is 0 Å². The van der Waals surface area contributed by atoms with Crippen molar-refractivity contribution >= 4 is 17.3 Å². The van der Waals surface area contributed by atoms with Crippen LogP contribution in [0.2, 0.25) is 0 Å². The van der Waals surface area contributed by atoms with E-state index in [0.29, 0.717) is 43.8 Å². The summed E-state index contributed by atoms with van der Waals surface area (Å²) in [6, 6.07) is 7.64. The monoisotopic (exact) mass is 480 g/mol. The molecule has 7 heteroatoms. The normalized spacial score (nSPS) is 35.3. The van der Waals surface area contributed by atoms with Crippen molar-refractivity contribution < 1.29 is 13.7 Å². The van der Waals surface area contributed by atoms with Gasteiger partial charge < -0.3 is 15.2 Å². The standard InChI is InChI=1S/C28H37FN4O2/c1-24(2,3)23-31-22(32-35-23)27-10-7-25(8-11-27,9-12-27)18-33(20-6-4-5-19(30)13-20)21(34)14-26-15-28(29,16-26)17-26/h4-6,13H,7-12,14-18,30H2,1-3H3. The van der Waals surface area contributed by atoms with E-state index in [-0.39, 0.29) is 27.6 Å². The van der Waals surface area contributed by atoms with E-state index in [4.69, 9.17) is 15.2 Å². The van der Waals surface area contributed by atoms with Crippen LogP contribution in [0, 0.1) is 10.8 Å². The molecule has 1 aromatic heterocycles. The number of anilines is 2. The molecule has 0 saturated heterocycles. The van der Waals surface area contributed by atoms with Gasteiger partial charge in [0.25, 0.3) is 0 Å². The van der Waals surface area contributed by atoms with E-state index >= 15 is 0 Å². The quantitative estimate of drug-likeness (QED) is 0.524. The van der Waals surface area contributed by atoms with Gasteiger partial charge in [0, 0.05) is 35.2 Å². The molecule has 2 N–H and O–H groups in total. The van der Waals surface area contributed by atoms with Crippen molar-refractivity contribution in [1.82, 2.24) is 10.1 Å². The zero-order chi connectivity index (χ0) is 24.7. The van der Waals surface area contributed by atoms with Crippen molar-refractivity contribution in [3.63, 3.8) is 0 Å². The topological polar surface area (TPSA) is 85.2 Å². The molecule has 1 heterocycles. The fourth-order valence-corrected chi connectivity index (χ4v) is 7.40. The van der Waals surface area contributed by atoms with E-state index in [2.05, 4.69) is 25.9 Å². The van der Waals surface area contributed by atoms with E-state index in [1.807, 2.05) is 29.2 Å². The van der Waals surface area contributed by atoms with Gasteiger partial charge in [-0.2, -0.15) is 4.98 Å². The van der Waals surface area contributed by atoms with Crippen molar-refractivity contribution in [1.29, 1.82) is 0 Å². The number of nitrogen functional groups attached to an aromatic ring is 1. The Balaban J connectivity index is 1.20. The van der Waals surface area contributed by atoms with Crippen LogP contribution in [0.3, 0.4) is 0 Å². The molecule has 1 amide bonds. The number of fused-ring (bicyclic) bond motifs is 3. The number of nitrogens with zero attached hydrogens (tertiary/aromatic N) is 3. The van der Waals surface area contributed by atoms with Gasteiger partial charge in [0.05, 0.1) is 0 Å². The van der Waals surface area contributed by atoms with E-state index in [9.17, 15) is 9.18 Å². The molecule has 2 aromatic rings. The molecule has 6 aliphatic rings. The fourth-order valence-electron chi connectivity index (χ4n) is 7.40. The van der Waals surface area contributed by atoms with Crippen LogP contribution >= 0.6 is 0 Å². The van der Waals surface area contributed by atoms with Gasteiger partial charge in [-0.3, -0.25) is 4.79 Å². The summed E-state index contributed by atoms with van der Waals surface area (Å²) < 4.78 is 19.8. The molecular formula is C28H37FN4O2. The summed E-state index contributed by atoms with van der Waals surface area (Å²) in [5.41, 5.74) is 6.43. The Morgan fingerprint density at radius 3 is 2.29 bits per heavy atom. The maximum atomic E-state index is 14.1. The Labute approximate surface area is 206 Å². The highest BCUT2D eigenvalue weighted by molar-refractivity contribution is 5.94. The first-order valence-electron chi connectivity index (χ1n) is 13.1. The first-order valence-corrected chi connectivity index (χ1v) is 13.1. The molecule has 4 bridgehead atoms. The minimum atomic E-state index is -0.987. The fraction of sp³-hybridized carbons (Fsp3) is 0.679. The van der Waals surface area contributed by atoms with E-state index in [0.717, 1.165) is 50.0 Å². The van der Waals surface area contributed by atoms with Crippen LogP contribution in [0.15, 0.2) is 28.8 Å². The largest absolute Gasteiger partial charge is 0.399 e. The highest BCUT2D eigenvalue weighted by Crippen LogP contribution is 2.71. The van der Waals surface area contributed by atoms with Crippen LogP contribution in [0.4, 0.5) is 15.8 Å². The molecule has 1 aromatic carbocycles. The maximum Gasteiger partial charge on any atom is 0.232 e. The molecule has 188 valence electrons. The number of amides is 1. The SMILES string of the molecule is CC(C)(C)c1nc(C23CCC(CN(C(=O)CC45CC(F)(C4)C5)c4cccc(N)c4)(CC2)CC3)no1. The average Bonchev–Trinajstić information content (AvgIpc) is 3.29. The number of carbonyl (C=O) groups excluding carboxylic acids is 1. The first-order chi connectivity index (χ1) is 16.4. The van der Waals surface area contributed by atoms with Crippen molar-refractivity contribution in [2.45, 2.75) is 101 Å². The van der Waals surface area contributed by atoms with Crippen molar-refractivity contribution in [2.24, 2.45) is 10.8 Å². The van der Waals surface area contributed by atoms with Gasteiger partial charge in [-0.05, 0) is 86.8 Å². The molecule has 35 heavy (non-hydrogen) atoms. The number of rotatable bonds is 6. The van der Waals surface area contributed by atoms with Crippen LogP contribution < -0.4 is 10.6 Å². The highest BCUT2D eigenvalue weighted by atomic mass is 19.1. The van der Waals surface area contributed by atoms with Gasteiger partial charge >= 0.3 is 0 Å². The Kier molecular flexibility index (Phi) is 4.79. The predicted molar refractivity (Wildman–Crippen MR) is 133 cm³/mol. The Morgan fingerprint density at radius 2 is 1.74 bits per heavy atom. The highest BCUT2D eigenvalue weighted by Gasteiger charge is 2.69. The molecule has 0 spiro atoms. The summed E-state index contributed by atoms with van der Waals surface area (Å²) in [6.45, 7) is 6.98. The predicted octanol–water partition coefficient (Wildman–Crippen LogP) is 5.86. The Hall–Kier alpha value is -2.44. The maximum absolute atomic E-state index is 14.1. The van der Waals surface area contributed by atoms with Crippen molar-refractivity contribution in [2.75, 3.05) is 17.2 Å². The van der Waals surface area contributed by atoms with Crippen LogP contribution in [0.25, 0.3) is 0 Å². The lowest BCUT2D eigenvalue weighted by Crippen LogP contribution is -2.65. The lowest BCUT2D eigenvalue weighted by atomic mass is 9.41. The molecule has 6 saturated carbocycles. The second-order valence-electron chi connectivity index (χ2n) is 13.4. The number of aromatic nitrogens is 2. The molecule has 6 fully saturated rings. The number of hydrogen-bond acceptors (Lipinski definition) is 5. The third kappa shape index (κ3) is 3.77. The second kappa shape index (κ2) is 7.30. The van der Waals surface area contributed by atoms with Gasteiger partial charge in [-0.25, -0.2) is 4.39 Å². The molecule has 0 aliphatic heterocycles. The Morgan fingerprint density at radius 1 is 1.09 bits per heavy atom. The lowest BCUT2D eigenvalue weighted by molar-refractivity contribution is -0.215. The number of alkyl halides is 1. The molecule has 0 atom stereocenters. The summed E-state index contributed by atoms with van der Waals surface area (Å²) in [7, 11) is 0. The zero-order valence-electron chi connectivity index (χ0n) is 21.2. The summed E-state index contributed by atoms with van der Waals surface area (Å²) in [5.74, 6) is 1.68. The number of halogens is 1.